The van der Waals surface area contributed by atoms with Crippen LogP contribution in [0.3, 0.4) is 0 Å². The van der Waals surface area contributed by atoms with Crippen LogP contribution in [0.5, 0.6) is 0 Å². The minimum Gasteiger partial charge on any atom is -0.463 e. The molecule has 1 amide bonds. The second-order valence-corrected chi connectivity index (χ2v) is 6.95. The van der Waals surface area contributed by atoms with Gasteiger partial charge in [0, 0.05) is 27.7 Å². The van der Waals surface area contributed by atoms with Gasteiger partial charge < -0.3 is 29.0 Å². The zero-order valence-corrected chi connectivity index (χ0v) is 17.1. The molecule has 160 valence electrons. The van der Waals surface area contributed by atoms with Crippen LogP contribution in [0.2, 0.25) is 0 Å². The molecule has 0 saturated carbocycles. The summed E-state index contributed by atoms with van der Waals surface area (Å²) in [4.78, 5) is 46.2. The quantitative estimate of drug-likeness (QED) is 0.450. The second-order valence-electron chi connectivity index (χ2n) is 6.95. The van der Waals surface area contributed by atoms with Crippen LogP contribution >= 0.6 is 0 Å². The Balaban J connectivity index is 3.24. The second kappa shape index (κ2) is 11.0. The van der Waals surface area contributed by atoms with Crippen molar-refractivity contribution in [1.29, 1.82) is 0 Å². The molecule has 0 spiro atoms. The maximum atomic E-state index is 11.7. The molecule has 0 unspecified atom stereocenters. The van der Waals surface area contributed by atoms with E-state index >= 15 is 0 Å². The average molecular weight is 403 g/mol. The molecule has 0 aromatic rings. The van der Waals surface area contributed by atoms with E-state index < -0.39 is 54.5 Å². The van der Waals surface area contributed by atoms with Crippen molar-refractivity contribution in [2.75, 3.05) is 13.2 Å². The summed E-state index contributed by atoms with van der Waals surface area (Å²) in [7, 11) is 0. The van der Waals surface area contributed by atoms with Crippen LogP contribution in [0.15, 0.2) is 0 Å². The van der Waals surface area contributed by atoms with E-state index in [1.165, 1.54) is 27.7 Å². The predicted molar refractivity (Wildman–Crippen MR) is 94.8 cm³/mol. The van der Waals surface area contributed by atoms with E-state index in [-0.39, 0.29) is 12.5 Å². The van der Waals surface area contributed by atoms with Crippen molar-refractivity contribution in [1.82, 2.24) is 5.32 Å². The predicted octanol–water partition coefficient (Wildman–Crippen LogP) is 0.315. The number of amides is 1. The van der Waals surface area contributed by atoms with Crippen LogP contribution in [0.4, 0.5) is 0 Å². The lowest BCUT2D eigenvalue weighted by Gasteiger charge is -2.45. The van der Waals surface area contributed by atoms with Crippen LogP contribution in [-0.2, 0) is 42.9 Å². The molecule has 1 aliphatic rings. The first-order valence-electron chi connectivity index (χ1n) is 9.03. The first kappa shape index (κ1) is 23.8. The van der Waals surface area contributed by atoms with Crippen LogP contribution in [0.1, 0.15) is 41.5 Å². The van der Waals surface area contributed by atoms with Gasteiger partial charge in [0.15, 0.2) is 18.5 Å². The molecule has 1 fully saturated rings. The van der Waals surface area contributed by atoms with Crippen molar-refractivity contribution in [2.45, 2.75) is 72.2 Å². The number of nitrogens with one attached hydrogen (secondary N) is 1. The Morgan fingerprint density at radius 2 is 1.50 bits per heavy atom. The molecular formula is C18H29NO9. The summed E-state index contributed by atoms with van der Waals surface area (Å²) in [6.45, 7) is 8.79. The van der Waals surface area contributed by atoms with Gasteiger partial charge in [0.2, 0.25) is 5.91 Å². The molecule has 0 aromatic heterocycles. The molecule has 1 N–H and O–H groups in total. The molecule has 1 aliphatic heterocycles. The van der Waals surface area contributed by atoms with Crippen molar-refractivity contribution >= 4 is 23.8 Å². The zero-order valence-electron chi connectivity index (χ0n) is 17.1. The SMILES string of the molecule is CC(=O)N[C@@H]1[C@@H](OCC(C)C)O[C@@H](COC(C)=O)[C@H](OC(C)=O)[C@H]1OC(C)=O. The fourth-order valence-corrected chi connectivity index (χ4v) is 2.72. The van der Waals surface area contributed by atoms with Crippen molar-refractivity contribution in [2.24, 2.45) is 5.92 Å². The monoisotopic (exact) mass is 403 g/mol. The van der Waals surface area contributed by atoms with Crippen molar-refractivity contribution in [3.63, 3.8) is 0 Å². The van der Waals surface area contributed by atoms with E-state index in [0.717, 1.165) is 0 Å². The van der Waals surface area contributed by atoms with E-state index in [0.29, 0.717) is 6.61 Å². The lowest BCUT2D eigenvalue weighted by Crippen LogP contribution is -2.66. The molecule has 28 heavy (non-hydrogen) atoms. The molecule has 0 radical (unpaired) electrons. The number of hydrogen-bond donors (Lipinski definition) is 1. The molecule has 1 heterocycles. The highest BCUT2D eigenvalue weighted by Gasteiger charge is 2.51. The summed E-state index contributed by atoms with van der Waals surface area (Å²) in [6.07, 6.45) is -4.18. The van der Waals surface area contributed by atoms with E-state index in [4.69, 9.17) is 23.7 Å². The minimum atomic E-state index is -1.11. The molecule has 10 heteroatoms. The fraction of sp³-hybridized carbons (Fsp3) is 0.778. The summed E-state index contributed by atoms with van der Waals surface area (Å²) < 4.78 is 27.2. The van der Waals surface area contributed by atoms with Crippen LogP contribution in [-0.4, -0.2) is 67.7 Å². The standard InChI is InChI=1S/C18H29NO9/c1-9(2)7-25-18-15(19-10(3)20)17(27-13(6)23)16(26-12(5)22)14(28-18)8-24-11(4)21/h9,14-18H,7-8H2,1-6H3,(H,19,20)/t14-,15-,16-,17-,18-/m0/s1. The lowest BCUT2D eigenvalue weighted by atomic mass is 9.96. The highest BCUT2D eigenvalue weighted by molar-refractivity contribution is 5.73. The Bertz CT molecular complexity index is 577. The summed E-state index contributed by atoms with van der Waals surface area (Å²) >= 11 is 0. The van der Waals surface area contributed by atoms with Gasteiger partial charge in [-0.15, -0.1) is 0 Å². The third-order valence-corrected chi connectivity index (χ3v) is 3.67. The van der Waals surface area contributed by atoms with Gasteiger partial charge in [-0.3, -0.25) is 19.2 Å². The number of carbonyl (C=O) groups excluding carboxylic acids is 4. The number of carbonyl (C=O) groups is 4. The normalized spacial score (nSPS) is 27.0. The maximum Gasteiger partial charge on any atom is 0.303 e. The molecule has 1 saturated heterocycles. The van der Waals surface area contributed by atoms with Crippen LogP contribution in [0, 0.1) is 5.92 Å². The Morgan fingerprint density at radius 3 is 1.96 bits per heavy atom. The van der Waals surface area contributed by atoms with Gasteiger partial charge in [0.05, 0.1) is 6.61 Å². The molecule has 1 rings (SSSR count). The van der Waals surface area contributed by atoms with Gasteiger partial charge in [0.1, 0.15) is 18.8 Å². The molecule has 5 atom stereocenters. The molecular weight excluding hydrogens is 374 g/mol. The largest absolute Gasteiger partial charge is 0.463 e. The molecule has 0 aliphatic carbocycles. The van der Waals surface area contributed by atoms with Gasteiger partial charge >= 0.3 is 17.9 Å². The van der Waals surface area contributed by atoms with Crippen LogP contribution in [0.25, 0.3) is 0 Å². The number of esters is 3. The number of ether oxygens (including phenoxy) is 5. The Kier molecular flexibility index (Phi) is 9.33. The minimum absolute atomic E-state index is 0.159. The average Bonchev–Trinajstić information content (AvgIpc) is 2.54. The van der Waals surface area contributed by atoms with E-state index in [1.807, 2.05) is 13.8 Å². The van der Waals surface area contributed by atoms with E-state index in [2.05, 4.69) is 5.32 Å². The highest BCUT2D eigenvalue weighted by Crippen LogP contribution is 2.28. The molecule has 10 nitrogen and oxygen atoms in total. The number of hydrogen-bond acceptors (Lipinski definition) is 9. The summed E-state index contributed by atoms with van der Waals surface area (Å²) in [5, 5.41) is 2.63. The van der Waals surface area contributed by atoms with E-state index in [1.54, 1.807) is 0 Å². The summed E-state index contributed by atoms with van der Waals surface area (Å²) in [6, 6.07) is -0.932. The first-order chi connectivity index (χ1) is 13.0. The van der Waals surface area contributed by atoms with Gasteiger partial charge in [-0.05, 0) is 5.92 Å². The Hall–Kier alpha value is -2.20. The van der Waals surface area contributed by atoms with Crippen molar-refractivity contribution in [3.8, 4) is 0 Å². The van der Waals surface area contributed by atoms with E-state index in [9.17, 15) is 19.2 Å². The highest BCUT2D eigenvalue weighted by atomic mass is 16.7. The molecule has 0 aromatic carbocycles. The van der Waals surface area contributed by atoms with Crippen LogP contribution < -0.4 is 5.32 Å². The van der Waals surface area contributed by atoms with Crippen molar-refractivity contribution < 1.29 is 42.9 Å². The smallest absolute Gasteiger partial charge is 0.303 e. The molecule has 0 bridgehead atoms. The Morgan fingerprint density at radius 1 is 0.929 bits per heavy atom. The van der Waals surface area contributed by atoms with Gasteiger partial charge in [0.25, 0.3) is 0 Å². The fourth-order valence-electron chi connectivity index (χ4n) is 2.72. The lowest BCUT2D eigenvalue weighted by molar-refractivity contribution is -0.279. The topological polar surface area (TPSA) is 126 Å². The number of rotatable bonds is 8. The Labute approximate surface area is 164 Å². The third-order valence-electron chi connectivity index (χ3n) is 3.67. The third kappa shape index (κ3) is 7.81. The van der Waals surface area contributed by atoms with Gasteiger partial charge in [-0.1, -0.05) is 13.8 Å². The summed E-state index contributed by atoms with van der Waals surface area (Å²) in [5.41, 5.74) is 0. The van der Waals surface area contributed by atoms with Gasteiger partial charge in [-0.25, -0.2) is 0 Å². The van der Waals surface area contributed by atoms with Gasteiger partial charge in [-0.2, -0.15) is 0 Å². The zero-order chi connectivity index (χ0) is 21.4. The first-order valence-corrected chi connectivity index (χ1v) is 9.03. The van der Waals surface area contributed by atoms with Crippen molar-refractivity contribution in [3.05, 3.63) is 0 Å². The maximum absolute atomic E-state index is 11.7. The summed E-state index contributed by atoms with van der Waals surface area (Å²) in [5.74, 6) is -2.11.